The first-order valence-corrected chi connectivity index (χ1v) is 6.21. The van der Waals surface area contributed by atoms with E-state index in [9.17, 15) is 0 Å². The number of nitrogens with zero attached hydrogens (tertiary/aromatic N) is 1. The molecule has 1 aliphatic rings. The second-order valence-corrected chi connectivity index (χ2v) is 4.74. The minimum atomic E-state index is 0.606. The summed E-state index contributed by atoms with van der Waals surface area (Å²) in [6, 6.07) is 0.606. The molecule has 0 N–H and O–H groups in total. The lowest BCUT2D eigenvalue weighted by Gasteiger charge is -2.27. The van der Waals surface area contributed by atoms with E-state index in [1.807, 2.05) is 0 Å². The van der Waals surface area contributed by atoms with Crippen molar-refractivity contribution in [3.63, 3.8) is 0 Å². The van der Waals surface area contributed by atoms with Gasteiger partial charge in [-0.3, -0.25) is 4.90 Å². The quantitative estimate of drug-likeness (QED) is 0.515. The van der Waals surface area contributed by atoms with Crippen molar-refractivity contribution in [1.82, 2.24) is 4.90 Å². The maximum atomic E-state index is 6.00. The summed E-state index contributed by atoms with van der Waals surface area (Å²) in [5.74, 6) is 0.788. The molecule has 1 saturated heterocycles. The van der Waals surface area contributed by atoms with Gasteiger partial charge in [0.1, 0.15) is 0 Å². The average molecular weight is 216 g/mol. The number of allylic oxidation sites excluding steroid dienone is 1. The summed E-state index contributed by atoms with van der Waals surface area (Å²) in [4.78, 5) is 2.53. The van der Waals surface area contributed by atoms with E-state index < -0.39 is 0 Å². The van der Waals surface area contributed by atoms with Crippen molar-refractivity contribution in [3.8, 4) is 0 Å². The molecular formula is C12H22ClN. The lowest BCUT2D eigenvalue weighted by atomic mass is 10.1. The number of alkyl halides is 1. The molecule has 0 aromatic rings. The van der Waals surface area contributed by atoms with E-state index in [4.69, 9.17) is 11.6 Å². The van der Waals surface area contributed by atoms with Crippen molar-refractivity contribution in [1.29, 1.82) is 0 Å². The molecule has 0 aromatic carbocycles. The van der Waals surface area contributed by atoms with Crippen LogP contribution in [0.5, 0.6) is 0 Å². The van der Waals surface area contributed by atoms with E-state index in [2.05, 4.69) is 24.8 Å². The van der Waals surface area contributed by atoms with Gasteiger partial charge in [0.25, 0.3) is 0 Å². The van der Waals surface area contributed by atoms with Gasteiger partial charge in [0.2, 0.25) is 0 Å². The summed E-state index contributed by atoms with van der Waals surface area (Å²) < 4.78 is 0. The first-order chi connectivity index (χ1) is 6.74. The summed E-state index contributed by atoms with van der Waals surface area (Å²) in [5.41, 5.74) is 1.41. The Morgan fingerprint density at radius 2 is 2.14 bits per heavy atom. The predicted octanol–water partition coefficient (Wildman–Crippen LogP) is 3.44. The van der Waals surface area contributed by atoms with Crippen molar-refractivity contribution in [3.05, 3.63) is 11.6 Å². The SMILES string of the molecule is CC(C)=CCN1CCCCCC1CCl. The number of hydrogen-bond donors (Lipinski definition) is 0. The Labute approximate surface area is 93.1 Å². The third-order valence-electron chi connectivity index (χ3n) is 2.91. The van der Waals surface area contributed by atoms with Gasteiger partial charge >= 0.3 is 0 Å². The van der Waals surface area contributed by atoms with Crippen LogP contribution in [-0.2, 0) is 0 Å². The van der Waals surface area contributed by atoms with Crippen LogP contribution in [0.25, 0.3) is 0 Å². The molecule has 14 heavy (non-hydrogen) atoms. The minimum Gasteiger partial charge on any atom is -0.296 e. The normalized spacial score (nSPS) is 24.4. The molecule has 1 atom stereocenters. The van der Waals surface area contributed by atoms with Crippen molar-refractivity contribution in [2.45, 2.75) is 45.6 Å². The monoisotopic (exact) mass is 215 g/mol. The van der Waals surface area contributed by atoms with Gasteiger partial charge in [-0.15, -0.1) is 11.6 Å². The molecule has 1 rings (SSSR count). The molecule has 0 bridgehead atoms. The second-order valence-electron chi connectivity index (χ2n) is 4.43. The lowest BCUT2D eigenvalue weighted by molar-refractivity contribution is 0.239. The number of likely N-dealkylation sites (tertiary alicyclic amines) is 1. The third-order valence-corrected chi connectivity index (χ3v) is 3.27. The van der Waals surface area contributed by atoms with E-state index in [1.165, 1.54) is 37.8 Å². The van der Waals surface area contributed by atoms with Crippen LogP contribution in [0, 0.1) is 0 Å². The van der Waals surface area contributed by atoms with Crippen LogP contribution in [0.2, 0.25) is 0 Å². The van der Waals surface area contributed by atoms with Crippen molar-refractivity contribution >= 4 is 11.6 Å². The molecule has 1 nitrogen and oxygen atoms in total. The summed E-state index contributed by atoms with van der Waals surface area (Å²) in [6.45, 7) is 6.63. The van der Waals surface area contributed by atoms with Gasteiger partial charge in [-0.2, -0.15) is 0 Å². The van der Waals surface area contributed by atoms with E-state index in [-0.39, 0.29) is 0 Å². The topological polar surface area (TPSA) is 3.24 Å². The van der Waals surface area contributed by atoms with Crippen molar-refractivity contribution in [2.75, 3.05) is 19.0 Å². The van der Waals surface area contributed by atoms with Crippen LogP contribution in [-0.4, -0.2) is 29.9 Å². The molecule has 2 heteroatoms. The van der Waals surface area contributed by atoms with E-state index in [0.717, 1.165) is 12.4 Å². The van der Waals surface area contributed by atoms with Gasteiger partial charge in [0, 0.05) is 18.5 Å². The fourth-order valence-corrected chi connectivity index (χ4v) is 2.30. The molecule has 0 aromatic heterocycles. The first kappa shape index (κ1) is 12.1. The zero-order valence-electron chi connectivity index (χ0n) is 9.43. The maximum absolute atomic E-state index is 6.00. The Morgan fingerprint density at radius 3 is 2.79 bits per heavy atom. The number of rotatable bonds is 3. The van der Waals surface area contributed by atoms with Crippen LogP contribution in [0.1, 0.15) is 39.5 Å². The molecule has 1 fully saturated rings. The van der Waals surface area contributed by atoms with Crippen LogP contribution < -0.4 is 0 Å². The lowest BCUT2D eigenvalue weighted by Crippen LogP contribution is -2.36. The molecule has 0 radical (unpaired) electrons. The zero-order valence-corrected chi connectivity index (χ0v) is 10.2. The summed E-state index contributed by atoms with van der Waals surface area (Å²) in [6.07, 6.45) is 7.65. The summed E-state index contributed by atoms with van der Waals surface area (Å²) in [5, 5.41) is 0. The molecule has 0 aliphatic carbocycles. The summed E-state index contributed by atoms with van der Waals surface area (Å²) in [7, 11) is 0. The molecule has 0 spiro atoms. The fraction of sp³-hybridized carbons (Fsp3) is 0.833. The van der Waals surface area contributed by atoms with Crippen LogP contribution in [0.3, 0.4) is 0 Å². The van der Waals surface area contributed by atoms with Gasteiger partial charge < -0.3 is 0 Å². The van der Waals surface area contributed by atoms with Crippen LogP contribution in [0.4, 0.5) is 0 Å². The molecule has 1 unspecified atom stereocenters. The Hall–Kier alpha value is -0.0100. The molecule has 82 valence electrons. The van der Waals surface area contributed by atoms with Gasteiger partial charge in [0.15, 0.2) is 0 Å². The standard InChI is InChI=1S/C12H22ClN/c1-11(2)7-9-14-8-5-3-4-6-12(14)10-13/h7,12H,3-6,8-10H2,1-2H3. The Bertz CT molecular complexity index is 185. The third kappa shape index (κ3) is 4.02. The van der Waals surface area contributed by atoms with Gasteiger partial charge in [-0.05, 0) is 33.2 Å². The highest BCUT2D eigenvalue weighted by atomic mass is 35.5. The fourth-order valence-electron chi connectivity index (χ4n) is 1.95. The van der Waals surface area contributed by atoms with E-state index >= 15 is 0 Å². The largest absolute Gasteiger partial charge is 0.296 e. The minimum absolute atomic E-state index is 0.606. The predicted molar refractivity (Wildman–Crippen MR) is 64.0 cm³/mol. The Balaban J connectivity index is 2.48. The second kappa shape index (κ2) is 6.47. The molecular weight excluding hydrogens is 194 g/mol. The summed E-state index contributed by atoms with van der Waals surface area (Å²) >= 11 is 6.00. The molecule has 0 saturated carbocycles. The van der Waals surface area contributed by atoms with Crippen molar-refractivity contribution < 1.29 is 0 Å². The molecule has 1 aliphatic heterocycles. The van der Waals surface area contributed by atoms with Gasteiger partial charge in [-0.1, -0.05) is 24.5 Å². The number of hydrogen-bond acceptors (Lipinski definition) is 1. The average Bonchev–Trinajstić information content (AvgIpc) is 2.38. The maximum Gasteiger partial charge on any atom is 0.0379 e. The highest BCUT2D eigenvalue weighted by Gasteiger charge is 2.18. The Kier molecular flexibility index (Phi) is 5.57. The van der Waals surface area contributed by atoms with E-state index in [1.54, 1.807) is 0 Å². The van der Waals surface area contributed by atoms with Crippen LogP contribution in [0.15, 0.2) is 11.6 Å². The number of halogens is 1. The van der Waals surface area contributed by atoms with Crippen molar-refractivity contribution in [2.24, 2.45) is 0 Å². The van der Waals surface area contributed by atoms with Gasteiger partial charge in [0.05, 0.1) is 0 Å². The molecule has 0 amide bonds. The smallest absolute Gasteiger partial charge is 0.0379 e. The van der Waals surface area contributed by atoms with E-state index in [0.29, 0.717) is 6.04 Å². The molecule has 1 heterocycles. The zero-order chi connectivity index (χ0) is 10.4. The first-order valence-electron chi connectivity index (χ1n) is 5.67. The van der Waals surface area contributed by atoms with Gasteiger partial charge in [-0.25, -0.2) is 0 Å². The highest BCUT2D eigenvalue weighted by Crippen LogP contribution is 2.17. The highest BCUT2D eigenvalue weighted by molar-refractivity contribution is 6.18. The Morgan fingerprint density at radius 1 is 1.36 bits per heavy atom. The van der Waals surface area contributed by atoms with Crippen LogP contribution >= 0.6 is 11.6 Å².